The number of hydrogen-bond acceptors (Lipinski definition) is 5. The van der Waals surface area contributed by atoms with Crippen molar-refractivity contribution in [3.8, 4) is 22.4 Å². The third-order valence-corrected chi connectivity index (χ3v) is 12.0. The Morgan fingerprint density at radius 3 is 2.07 bits per heavy atom. The van der Waals surface area contributed by atoms with E-state index >= 15 is 0 Å². The molecule has 1 N–H and O–H groups in total. The van der Waals surface area contributed by atoms with Crippen LogP contribution in [-0.2, 0) is 36.7 Å². The molecular formula is C50H62IrNO4-. The van der Waals surface area contributed by atoms with Crippen LogP contribution in [-0.4, -0.2) is 15.9 Å². The fourth-order valence-electron chi connectivity index (χ4n) is 7.28. The van der Waals surface area contributed by atoms with E-state index in [2.05, 4.69) is 108 Å². The van der Waals surface area contributed by atoms with Crippen LogP contribution in [0.25, 0.3) is 55.2 Å². The van der Waals surface area contributed by atoms with E-state index in [1.165, 1.54) is 28.0 Å². The van der Waals surface area contributed by atoms with Crippen LogP contribution in [0.1, 0.15) is 124 Å². The number of aryl methyl sites for hydroxylation is 2. The molecule has 6 rings (SSSR count). The van der Waals surface area contributed by atoms with Gasteiger partial charge in [-0.25, -0.2) is 0 Å². The molecule has 0 atom stereocenters. The number of hydrogen-bond donors (Lipinski definition) is 1. The Hall–Kier alpha value is -3.99. The summed E-state index contributed by atoms with van der Waals surface area (Å²) in [7, 11) is 0. The van der Waals surface area contributed by atoms with E-state index in [0.717, 1.165) is 82.4 Å². The van der Waals surface area contributed by atoms with Crippen LogP contribution in [0.4, 0.5) is 0 Å². The molecule has 0 spiro atoms. The Bertz CT molecular complexity index is 2340. The molecule has 0 aliphatic carbocycles. The summed E-state index contributed by atoms with van der Waals surface area (Å²) in [6.07, 6.45) is 5.76. The minimum Gasteiger partial charge on any atom is -0.512 e. The first-order valence-electron chi connectivity index (χ1n) is 20.2. The van der Waals surface area contributed by atoms with E-state index < -0.39 is 0 Å². The van der Waals surface area contributed by atoms with Crippen molar-refractivity contribution in [3.05, 3.63) is 101 Å². The van der Waals surface area contributed by atoms with Crippen molar-refractivity contribution in [3.63, 3.8) is 0 Å². The number of nitrogens with zero attached hydrogens (tertiary/aromatic N) is 1. The van der Waals surface area contributed by atoms with Gasteiger partial charge in [-0.05, 0) is 80.5 Å². The third-order valence-electron chi connectivity index (χ3n) is 12.0. The normalized spacial score (nSPS) is 12.6. The number of pyridine rings is 1. The van der Waals surface area contributed by atoms with Gasteiger partial charge in [-0.3, -0.25) is 9.78 Å². The monoisotopic (exact) mass is 933 g/mol. The Morgan fingerprint density at radius 2 is 1.46 bits per heavy atom. The molecule has 6 aromatic rings. The molecule has 56 heavy (non-hydrogen) atoms. The molecular weight excluding hydrogens is 871 g/mol. The number of aromatic nitrogens is 1. The quantitative estimate of drug-likeness (QED) is 0.0796. The molecule has 0 aliphatic heterocycles. The fourth-order valence-corrected chi connectivity index (χ4v) is 7.28. The average Bonchev–Trinajstić information content (AvgIpc) is 3.69. The van der Waals surface area contributed by atoms with Gasteiger partial charge in [0, 0.05) is 59.0 Å². The molecule has 0 bridgehead atoms. The number of furan rings is 2. The fraction of sp³-hybridized carbons (Fsp3) is 0.440. The molecule has 0 saturated heterocycles. The number of aliphatic hydroxyl groups excluding tert-OH is 1. The second-order valence-electron chi connectivity index (χ2n) is 17.4. The van der Waals surface area contributed by atoms with Crippen LogP contribution in [0.5, 0.6) is 0 Å². The van der Waals surface area contributed by atoms with Gasteiger partial charge in [0.15, 0.2) is 5.78 Å². The Balaban J connectivity index is 0.000000330. The van der Waals surface area contributed by atoms with E-state index in [0.29, 0.717) is 11.6 Å². The minimum atomic E-state index is -0.337. The molecule has 6 heteroatoms. The zero-order chi connectivity index (χ0) is 40.5. The first-order chi connectivity index (χ1) is 25.9. The van der Waals surface area contributed by atoms with Gasteiger partial charge >= 0.3 is 0 Å². The summed E-state index contributed by atoms with van der Waals surface area (Å²) in [5.41, 5.74) is 7.54. The van der Waals surface area contributed by atoms with Gasteiger partial charge in [0.25, 0.3) is 0 Å². The summed E-state index contributed by atoms with van der Waals surface area (Å²) in [5, 5.41) is 14.7. The molecule has 3 aromatic carbocycles. The van der Waals surface area contributed by atoms with Gasteiger partial charge in [0.2, 0.25) is 5.71 Å². The van der Waals surface area contributed by atoms with E-state index in [9.17, 15) is 9.90 Å². The maximum atomic E-state index is 12.2. The van der Waals surface area contributed by atoms with Crippen LogP contribution < -0.4 is 0 Å². The van der Waals surface area contributed by atoms with E-state index in [-0.39, 0.29) is 47.9 Å². The SMILES string of the molecule is CCC(C)(CC)C(=O)/C=C(\O)C(C)(CC)CC.Cc1cc2c(-c3ccc4c(CC(C)C)c(C)oc4c3)cc(-c3[c-]c4ccccc4c(C(C)(C)C)c3)nc2o1.[Ir]. The number of fused-ring (bicyclic) bond motifs is 3. The van der Waals surface area contributed by atoms with Crippen molar-refractivity contribution in [1.82, 2.24) is 4.98 Å². The number of carbonyl (C=O) groups is 1. The van der Waals surface area contributed by atoms with Crippen molar-refractivity contribution >= 4 is 38.6 Å². The zero-order valence-corrected chi connectivity index (χ0v) is 38.3. The first kappa shape index (κ1) is 44.7. The molecule has 5 nitrogen and oxygen atoms in total. The van der Waals surface area contributed by atoms with Crippen molar-refractivity contribution in [2.75, 3.05) is 0 Å². The molecule has 0 amide bonds. The maximum absolute atomic E-state index is 12.2. The Kier molecular flexibility index (Phi) is 14.1. The number of benzene rings is 3. The molecule has 0 unspecified atom stereocenters. The summed E-state index contributed by atoms with van der Waals surface area (Å²) in [4.78, 5) is 17.2. The summed E-state index contributed by atoms with van der Waals surface area (Å²) < 4.78 is 12.3. The molecule has 0 saturated carbocycles. The molecule has 0 fully saturated rings. The second-order valence-corrected chi connectivity index (χ2v) is 17.4. The van der Waals surface area contributed by atoms with Crippen molar-refractivity contribution < 1.29 is 38.8 Å². The van der Waals surface area contributed by atoms with Crippen molar-refractivity contribution in [2.24, 2.45) is 16.7 Å². The van der Waals surface area contributed by atoms with Crippen LogP contribution in [0.15, 0.2) is 81.3 Å². The van der Waals surface area contributed by atoms with Gasteiger partial charge in [-0.2, -0.15) is 0 Å². The molecule has 301 valence electrons. The predicted octanol–water partition coefficient (Wildman–Crippen LogP) is 14.6. The first-order valence-corrected chi connectivity index (χ1v) is 20.2. The summed E-state index contributed by atoms with van der Waals surface area (Å²) in [6, 6.07) is 25.2. The van der Waals surface area contributed by atoms with Gasteiger partial charge in [0.05, 0.1) is 0 Å². The van der Waals surface area contributed by atoms with Gasteiger partial charge < -0.3 is 13.9 Å². The van der Waals surface area contributed by atoms with Crippen LogP contribution >= 0.6 is 0 Å². The summed E-state index contributed by atoms with van der Waals surface area (Å²) in [5.74, 6) is 2.71. The number of ketones is 1. The molecule has 1 radical (unpaired) electrons. The Morgan fingerprint density at radius 1 is 0.821 bits per heavy atom. The topological polar surface area (TPSA) is 76.5 Å². The van der Waals surface area contributed by atoms with Crippen LogP contribution in [0.3, 0.4) is 0 Å². The van der Waals surface area contributed by atoms with Gasteiger partial charge in [0.1, 0.15) is 22.9 Å². The number of aliphatic hydroxyl groups is 1. The summed E-state index contributed by atoms with van der Waals surface area (Å²) in [6.45, 7) is 27.4. The molecule has 0 aliphatic rings. The van der Waals surface area contributed by atoms with E-state index in [1.54, 1.807) is 0 Å². The number of carbonyl (C=O) groups excluding carboxylic acids is 1. The molecule has 3 aromatic heterocycles. The number of allylic oxidation sites excluding steroid dienone is 2. The summed E-state index contributed by atoms with van der Waals surface area (Å²) >= 11 is 0. The smallest absolute Gasteiger partial charge is 0.219 e. The second kappa shape index (κ2) is 17.7. The Labute approximate surface area is 348 Å². The van der Waals surface area contributed by atoms with E-state index in [1.807, 2.05) is 48.5 Å². The average molecular weight is 933 g/mol. The third kappa shape index (κ3) is 9.24. The minimum absolute atomic E-state index is 0. The van der Waals surface area contributed by atoms with Crippen LogP contribution in [0.2, 0.25) is 0 Å². The predicted molar refractivity (Wildman–Crippen MR) is 231 cm³/mol. The van der Waals surface area contributed by atoms with Gasteiger partial charge in [-0.15, -0.1) is 29.1 Å². The zero-order valence-electron chi connectivity index (χ0n) is 35.9. The maximum Gasteiger partial charge on any atom is 0.219 e. The number of rotatable bonds is 11. The van der Waals surface area contributed by atoms with Crippen LogP contribution in [0, 0.1) is 36.7 Å². The molecule has 3 heterocycles. The van der Waals surface area contributed by atoms with Crippen molar-refractivity contribution in [1.29, 1.82) is 0 Å². The van der Waals surface area contributed by atoms with E-state index in [4.69, 9.17) is 13.8 Å². The van der Waals surface area contributed by atoms with Gasteiger partial charge in [-0.1, -0.05) is 124 Å². The standard InChI is InChI=1S/C35H34NO2.C15H28O2.Ir/c1-20(2)14-28-22(4)38-33-18-24(12-13-27(28)33)29-19-32(36-34-30(29)15-21(3)37-34)25-16-23-10-8-9-11-26(23)31(17-25)35(5,6)7;1-7-14(5,8-2)12(16)11-13(17)15(6,9-3)10-4;/h8-13,15,17-20H,14H2,1-7H3;11,16H,7-10H2,1-6H3;/q-1;;/b;12-11-;. The largest absolute Gasteiger partial charge is 0.512 e. The van der Waals surface area contributed by atoms with Crippen molar-refractivity contribution in [2.45, 2.75) is 128 Å².